The number of hydrogen-bond acceptors (Lipinski definition) is 4. The van der Waals surface area contributed by atoms with Gasteiger partial charge in [0.15, 0.2) is 0 Å². The van der Waals surface area contributed by atoms with Gasteiger partial charge in [0.05, 0.1) is 0 Å². The van der Waals surface area contributed by atoms with Crippen molar-refractivity contribution in [3.8, 4) is 11.5 Å². The van der Waals surface area contributed by atoms with Crippen molar-refractivity contribution in [3.63, 3.8) is 0 Å². The summed E-state index contributed by atoms with van der Waals surface area (Å²) in [4.78, 5) is 0. The van der Waals surface area contributed by atoms with Crippen molar-refractivity contribution in [1.82, 2.24) is 10.2 Å². The second-order valence-corrected chi connectivity index (χ2v) is 7.01. The summed E-state index contributed by atoms with van der Waals surface area (Å²) >= 11 is 5.02. The fourth-order valence-corrected chi connectivity index (χ4v) is 3.41. The molecule has 0 fully saturated rings. The van der Waals surface area contributed by atoms with Gasteiger partial charge in [-0.1, -0.05) is 57.0 Å². The van der Waals surface area contributed by atoms with Gasteiger partial charge in [-0.05, 0) is 43.7 Å². The van der Waals surface area contributed by atoms with E-state index < -0.39 is 0 Å². The summed E-state index contributed by atoms with van der Waals surface area (Å²) in [6.45, 7) is 4.13. The maximum Gasteiger partial charge on any atom is 0.277 e. The molecular weight excluding hydrogens is 360 g/mol. The Morgan fingerprint density at radius 1 is 1.05 bits per heavy atom. The van der Waals surface area contributed by atoms with Crippen LogP contribution in [0.1, 0.15) is 16.7 Å². The molecule has 2 aromatic carbocycles. The number of aryl methyl sites for hydroxylation is 2. The topological polar surface area (TPSA) is 38.9 Å². The van der Waals surface area contributed by atoms with E-state index in [0.29, 0.717) is 11.1 Å². The summed E-state index contributed by atoms with van der Waals surface area (Å²) in [6.07, 6.45) is 0. The molecule has 0 amide bonds. The van der Waals surface area contributed by atoms with Crippen molar-refractivity contribution in [2.45, 2.75) is 24.8 Å². The third kappa shape index (κ3) is 3.78. The highest BCUT2D eigenvalue weighted by Gasteiger charge is 2.10. The van der Waals surface area contributed by atoms with E-state index in [1.54, 1.807) is 11.8 Å². The molecule has 0 radical (unpaired) electrons. The lowest BCUT2D eigenvalue weighted by Crippen LogP contribution is -1.82. The molecule has 22 heavy (non-hydrogen) atoms. The molecule has 0 saturated carbocycles. The molecule has 0 N–H and O–H groups in total. The maximum absolute atomic E-state index is 5.76. The Morgan fingerprint density at radius 3 is 2.55 bits per heavy atom. The molecule has 3 aromatic rings. The number of hydrogen-bond donors (Lipinski definition) is 0. The van der Waals surface area contributed by atoms with Gasteiger partial charge >= 0.3 is 0 Å². The Hall–Kier alpha value is -1.59. The Bertz CT molecular complexity index is 781. The van der Waals surface area contributed by atoms with Gasteiger partial charge in [0.1, 0.15) is 0 Å². The Balaban J connectivity index is 1.73. The van der Waals surface area contributed by atoms with Crippen LogP contribution in [-0.4, -0.2) is 10.2 Å². The van der Waals surface area contributed by atoms with Crippen molar-refractivity contribution in [1.29, 1.82) is 0 Å². The van der Waals surface area contributed by atoms with Crippen LogP contribution in [0.25, 0.3) is 11.5 Å². The zero-order valence-electron chi connectivity index (χ0n) is 12.3. The van der Waals surface area contributed by atoms with Crippen LogP contribution in [0.4, 0.5) is 0 Å². The molecule has 0 aliphatic carbocycles. The lowest BCUT2D eigenvalue weighted by Gasteiger charge is -2.00. The van der Waals surface area contributed by atoms with Crippen LogP contribution in [0.15, 0.2) is 56.6 Å². The SMILES string of the molecule is Cc1cc(C)cc(-c2nnc(SCc3cccc(Br)c3)o2)c1. The van der Waals surface area contributed by atoms with E-state index >= 15 is 0 Å². The highest BCUT2D eigenvalue weighted by molar-refractivity contribution is 9.10. The first-order valence-electron chi connectivity index (χ1n) is 6.89. The van der Waals surface area contributed by atoms with Crippen molar-refractivity contribution in [2.24, 2.45) is 0 Å². The van der Waals surface area contributed by atoms with Gasteiger partial charge in [-0.15, -0.1) is 10.2 Å². The normalized spacial score (nSPS) is 10.9. The van der Waals surface area contributed by atoms with Gasteiger partial charge in [-0.3, -0.25) is 0 Å². The lowest BCUT2D eigenvalue weighted by molar-refractivity contribution is 0.466. The first-order valence-corrected chi connectivity index (χ1v) is 8.67. The van der Waals surface area contributed by atoms with Gasteiger partial charge in [0.25, 0.3) is 5.22 Å². The quantitative estimate of drug-likeness (QED) is 0.572. The summed E-state index contributed by atoms with van der Waals surface area (Å²) < 4.78 is 6.84. The van der Waals surface area contributed by atoms with Gasteiger partial charge < -0.3 is 4.42 Å². The molecular formula is C17H15BrN2OS. The predicted octanol–water partition coefficient (Wildman–Crippen LogP) is 5.41. The Morgan fingerprint density at radius 2 is 1.82 bits per heavy atom. The monoisotopic (exact) mass is 374 g/mol. The summed E-state index contributed by atoms with van der Waals surface area (Å²) in [5, 5.41) is 8.87. The lowest BCUT2D eigenvalue weighted by atomic mass is 10.1. The fraction of sp³-hybridized carbons (Fsp3) is 0.176. The first-order chi connectivity index (χ1) is 10.6. The minimum Gasteiger partial charge on any atom is -0.411 e. The van der Waals surface area contributed by atoms with Gasteiger partial charge in [0.2, 0.25) is 5.89 Å². The highest BCUT2D eigenvalue weighted by atomic mass is 79.9. The summed E-state index contributed by atoms with van der Waals surface area (Å²) in [6, 6.07) is 14.5. The van der Waals surface area contributed by atoms with Crippen LogP contribution in [0.2, 0.25) is 0 Å². The van der Waals surface area contributed by atoms with E-state index in [1.807, 2.05) is 12.1 Å². The van der Waals surface area contributed by atoms with Gasteiger partial charge in [0, 0.05) is 15.8 Å². The first kappa shape index (κ1) is 15.3. The maximum atomic E-state index is 5.76. The van der Waals surface area contributed by atoms with E-state index in [9.17, 15) is 0 Å². The van der Waals surface area contributed by atoms with E-state index in [-0.39, 0.29) is 0 Å². The summed E-state index contributed by atoms with van der Waals surface area (Å²) in [5.74, 6) is 1.37. The largest absolute Gasteiger partial charge is 0.411 e. The van der Waals surface area contributed by atoms with E-state index in [0.717, 1.165) is 15.8 Å². The zero-order chi connectivity index (χ0) is 15.5. The van der Waals surface area contributed by atoms with Crippen LogP contribution in [0.3, 0.4) is 0 Å². The van der Waals surface area contributed by atoms with Crippen LogP contribution < -0.4 is 0 Å². The van der Waals surface area contributed by atoms with Crippen LogP contribution >= 0.6 is 27.7 Å². The third-order valence-corrected chi connectivity index (χ3v) is 4.51. The second kappa shape index (κ2) is 6.67. The molecule has 0 aliphatic rings. The molecule has 3 nitrogen and oxygen atoms in total. The molecule has 0 unspecified atom stereocenters. The molecule has 0 aliphatic heterocycles. The zero-order valence-corrected chi connectivity index (χ0v) is 14.7. The van der Waals surface area contributed by atoms with Crippen molar-refractivity contribution in [2.75, 3.05) is 0 Å². The molecule has 0 saturated heterocycles. The Kier molecular flexibility index (Phi) is 4.64. The third-order valence-electron chi connectivity index (χ3n) is 3.13. The fourth-order valence-electron chi connectivity index (χ4n) is 2.25. The van der Waals surface area contributed by atoms with E-state index in [4.69, 9.17) is 4.42 Å². The smallest absolute Gasteiger partial charge is 0.277 e. The van der Waals surface area contributed by atoms with Crippen molar-refractivity contribution in [3.05, 3.63) is 63.6 Å². The number of thioether (sulfide) groups is 1. The average Bonchev–Trinajstić information content (AvgIpc) is 2.93. The van der Waals surface area contributed by atoms with Crippen LogP contribution in [0, 0.1) is 13.8 Å². The summed E-state index contributed by atoms with van der Waals surface area (Å²) in [5.41, 5.74) is 4.57. The average molecular weight is 375 g/mol. The van der Waals surface area contributed by atoms with Crippen LogP contribution in [-0.2, 0) is 5.75 Å². The standard InChI is InChI=1S/C17H15BrN2OS/c1-11-6-12(2)8-14(7-11)16-19-20-17(21-16)22-10-13-4-3-5-15(18)9-13/h3-9H,10H2,1-2H3. The second-order valence-electron chi connectivity index (χ2n) is 5.17. The van der Waals surface area contributed by atoms with Crippen molar-refractivity contribution >= 4 is 27.7 Å². The molecule has 112 valence electrons. The molecule has 0 spiro atoms. The van der Waals surface area contributed by atoms with Gasteiger partial charge in [-0.2, -0.15) is 0 Å². The van der Waals surface area contributed by atoms with Crippen molar-refractivity contribution < 1.29 is 4.42 Å². The number of benzene rings is 2. The molecule has 0 bridgehead atoms. The molecule has 1 heterocycles. The highest BCUT2D eigenvalue weighted by Crippen LogP contribution is 2.27. The van der Waals surface area contributed by atoms with Crippen LogP contribution in [0.5, 0.6) is 0 Å². The number of halogens is 1. The number of nitrogens with zero attached hydrogens (tertiary/aromatic N) is 2. The number of rotatable bonds is 4. The Labute approximate surface area is 142 Å². The summed E-state index contributed by atoms with van der Waals surface area (Å²) in [7, 11) is 0. The minimum absolute atomic E-state index is 0.573. The minimum atomic E-state index is 0.573. The molecule has 1 aromatic heterocycles. The van der Waals surface area contributed by atoms with E-state index in [1.165, 1.54) is 16.7 Å². The molecule has 0 atom stereocenters. The van der Waals surface area contributed by atoms with Gasteiger partial charge in [-0.25, -0.2) is 0 Å². The van der Waals surface area contributed by atoms with E-state index in [2.05, 4.69) is 70.3 Å². The molecule has 3 rings (SSSR count). The number of aromatic nitrogens is 2. The molecule has 5 heteroatoms. The predicted molar refractivity (Wildman–Crippen MR) is 92.9 cm³/mol.